The van der Waals surface area contributed by atoms with Gasteiger partial charge >= 0.3 is 12.2 Å². The van der Waals surface area contributed by atoms with E-state index in [4.69, 9.17) is 5.73 Å². The highest BCUT2D eigenvalue weighted by atomic mass is 19.4. The molecule has 0 spiro atoms. The summed E-state index contributed by atoms with van der Waals surface area (Å²) >= 11 is 0. The number of aromatic nitrogens is 2. The van der Waals surface area contributed by atoms with Crippen LogP contribution in [0.1, 0.15) is 12.0 Å². The number of alkyl halides is 3. The minimum absolute atomic E-state index is 0.310. The predicted molar refractivity (Wildman–Crippen MR) is 83.9 cm³/mol. The summed E-state index contributed by atoms with van der Waals surface area (Å²) in [4.78, 5) is 13.4. The zero-order valence-electron chi connectivity index (χ0n) is 13.0. The Morgan fingerprint density at radius 1 is 1.33 bits per heavy atom. The molecule has 3 N–H and O–H groups in total. The molecule has 24 heavy (non-hydrogen) atoms. The molecule has 9 heteroatoms. The van der Waals surface area contributed by atoms with Crippen LogP contribution in [0.5, 0.6) is 0 Å². The molecule has 0 radical (unpaired) electrons. The second-order valence-corrected chi connectivity index (χ2v) is 5.21. The lowest BCUT2D eigenvalue weighted by molar-refractivity contribution is -0.137. The summed E-state index contributed by atoms with van der Waals surface area (Å²) < 4.78 is 39.0. The number of rotatable bonds is 5. The lowest BCUT2D eigenvalue weighted by atomic mass is 10.2. The third-order valence-electron chi connectivity index (χ3n) is 3.34. The summed E-state index contributed by atoms with van der Waals surface area (Å²) in [6.07, 6.45) is -0.742. The third-order valence-corrected chi connectivity index (χ3v) is 3.34. The number of nitrogens with zero attached hydrogens (tertiary/aromatic N) is 3. The van der Waals surface area contributed by atoms with Gasteiger partial charge < -0.3 is 16.0 Å². The van der Waals surface area contributed by atoms with Crippen molar-refractivity contribution in [3.63, 3.8) is 0 Å². The third kappa shape index (κ3) is 4.48. The van der Waals surface area contributed by atoms with Gasteiger partial charge in [0, 0.05) is 13.6 Å². The number of anilines is 1. The van der Waals surface area contributed by atoms with Crippen LogP contribution < -0.4 is 11.1 Å². The molecule has 2 rings (SSSR count). The normalized spacial score (nSPS) is 11.4. The molecule has 6 nitrogen and oxygen atoms in total. The van der Waals surface area contributed by atoms with E-state index >= 15 is 0 Å². The van der Waals surface area contributed by atoms with Gasteiger partial charge in [0.25, 0.3) is 0 Å². The average Bonchev–Trinajstić information content (AvgIpc) is 3.00. The fourth-order valence-corrected chi connectivity index (χ4v) is 1.98. The van der Waals surface area contributed by atoms with Gasteiger partial charge in [-0.05, 0) is 37.2 Å². The van der Waals surface area contributed by atoms with Crippen molar-refractivity contribution in [1.29, 1.82) is 0 Å². The van der Waals surface area contributed by atoms with Crippen molar-refractivity contribution in [3.05, 3.63) is 42.2 Å². The van der Waals surface area contributed by atoms with Crippen molar-refractivity contribution in [3.8, 4) is 5.69 Å². The highest BCUT2D eigenvalue weighted by Crippen LogP contribution is 2.29. The van der Waals surface area contributed by atoms with Crippen molar-refractivity contribution in [2.45, 2.75) is 12.6 Å². The van der Waals surface area contributed by atoms with Crippen LogP contribution in [0.2, 0.25) is 0 Å². The quantitative estimate of drug-likeness (QED) is 0.878. The Morgan fingerprint density at radius 3 is 2.58 bits per heavy atom. The van der Waals surface area contributed by atoms with E-state index in [0.29, 0.717) is 30.9 Å². The van der Waals surface area contributed by atoms with Gasteiger partial charge in [-0.1, -0.05) is 0 Å². The van der Waals surface area contributed by atoms with E-state index in [2.05, 4.69) is 10.4 Å². The fourth-order valence-electron chi connectivity index (χ4n) is 1.98. The van der Waals surface area contributed by atoms with Gasteiger partial charge in [0.1, 0.15) is 0 Å². The van der Waals surface area contributed by atoms with Crippen molar-refractivity contribution < 1.29 is 18.0 Å². The van der Waals surface area contributed by atoms with Gasteiger partial charge in [-0.3, -0.25) is 0 Å². The van der Waals surface area contributed by atoms with E-state index < -0.39 is 11.7 Å². The number of carbonyl (C=O) groups is 1. The number of carbonyl (C=O) groups excluding carboxylic acids is 1. The number of benzene rings is 1. The molecule has 0 saturated heterocycles. The summed E-state index contributed by atoms with van der Waals surface area (Å²) in [5, 5.41) is 6.69. The molecular formula is C15H18F3N5O. The molecule has 0 aliphatic rings. The first-order chi connectivity index (χ1) is 11.3. The Labute approximate surface area is 137 Å². The number of nitrogens with one attached hydrogen (secondary N) is 1. The van der Waals surface area contributed by atoms with Gasteiger partial charge in [-0.15, -0.1) is 0 Å². The lowest BCUT2D eigenvalue weighted by Crippen LogP contribution is -2.32. The van der Waals surface area contributed by atoms with Gasteiger partial charge in [-0.25, -0.2) is 9.48 Å². The molecule has 2 aromatic rings. The second kappa shape index (κ2) is 7.35. The predicted octanol–water partition coefficient (Wildman–Crippen LogP) is 2.70. The minimum atomic E-state index is -4.38. The first-order valence-corrected chi connectivity index (χ1v) is 7.26. The van der Waals surface area contributed by atoms with E-state index in [1.807, 2.05) is 0 Å². The van der Waals surface area contributed by atoms with Crippen LogP contribution in [-0.4, -0.2) is 40.8 Å². The molecular weight excluding hydrogens is 323 g/mol. The molecule has 0 bridgehead atoms. The maximum Gasteiger partial charge on any atom is 0.416 e. The smallest absolute Gasteiger partial charge is 0.330 e. The first-order valence-electron chi connectivity index (χ1n) is 7.26. The SMILES string of the molecule is CN(CCCN)C(=O)Nc1cnn(-c2ccc(C(F)(F)F)cc2)c1. The van der Waals surface area contributed by atoms with E-state index in [9.17, 15) is 18.0 Å². The number of urea groups is 1. The van der Waals surface area contributed by atoms with Gasteiger partial charge in [0.05, 0.1) is 29.3 Å². The van der Waals surface area contributed by atoms with E-state index in [1.54, 1.807) is 7.05 Å². The number of hydrogen-bond acceptors (Lipinski definition) is 3. The van der Waals surface area contributed by atoms with Gasteiger partial charge in [0.15, 0.2) is 0 Å². The molecule has 0 atom stereocenters. The molecule has 0 aliphatic heterocycles. The molecule has 1 aromatic carbocycles. The fraction of sp³-hybridized carbons (Fsp3) is 0.333. The topological polar surface area (TPSA) is 76.2 Å². The number of nitrogens with two attached hydrogens (primary N) is 1. The van der Waals surface area contributed by atoms with Crippen molar-refractivity contribution in [2.24, 2.45) is 5.73 Å². The highest BCUT2D eigenvalue weighted by molar-refractivity contribution is 5.88. The van der Waals surface area contributed by atoms with Crippen LogP contribution in [0, 0.1) is 0 Å². The molecule has 0 saturated carbocycles. The largest absolute Gasteiger partial charge is 0.416 e. The number of halogens is 3. The minimum Gasteiger partial charge on any atom is -0.330 e. The van der Waals surface area contributed by atoms with E-state index in [-0.39, 0.29) is 6.03 Å². The summed E-state index contributed by atoms with van der Waals surface area (Å²) in [5.41, 5.74) is 5.57. The maximum absolute atomic E-state index is 12.6. The molecule has 0 unspecified atom stereocenters. The monoisotopic (exact) mass is 341 g/mol. The highest BCUT2D eigenvalue weighted by Gasteiger charge is 2.30. The number of amides is 2. The standard InChI is InChI=1S/C15H18F3N5O/c1-22(8-2-7-19)14(24)21-12-9-20-23(10-12)13-5-3-11(4-6-13)15(16,17)18/h3-6,9-10H,2,7-8,19H2,1H3,(H,21,24). The summed E-state index contributed by atoms with van der Waals surface area (Å²) in [5.74, 6) is 0. The van der Waals surface area contributed by atoms with Crippen LogP contribution >= 0.6 is 0 Å². The lowest BCUT2D eigenvalue weighted by Gasteiger charge is -2.16. The Balaban J connectivity index is 2.04. The average molecular weight is 341 g/mol. The van der Waals surface area contributed by atoms with Crippen LogP contribution in [0.25, 0.3) is 5.69 Å². The Morgan fingerprint density at radius 2 is 2.00 bits per heavy atom. The molecule has 0 fully saturated rings. The van der Waals surface area contributed by atoms with Crippen LogP contribution in [-0.2, 0) is 6.18 Å². The van der Waals surface area contributed by atoms with Gasteiger partial charge in [0.2, 0.25) is 0 Å². The Kier molecular flexibility index (Phi) is 5.45. The summed E-state index contributed by atoms with van der Waals surface area (Å²) in [6, 6.07) is 4.28. The molecule has 2 amide bonds. The molecule has 0 aliphatic carbocycles. The van der Waals surface area contributed by atoms with Crippen LogP contribution in [0.15, 0.2) is 36.7 Å². The maximum atomic E-state index is 12.6. The molecule has 1 heterocycles. The van der Waals surface area contributed by atoms with E-state index in [1.165, 1.54) is 34.1 Å². The first kappa shape index (κ1) is 17.8. The molecule has 130 valence electrons. The Bertz CT molecular complexity index is 681. The van der Waals surface area contributed by atoms with E-state index in [0.717, 1.165) is 12.1 Å². The Hall–Kier alpha value is -2.55. The van der Waals surface area contributed by atoms with Crippen molar-refractivity contribution >= 4 is 11.7 Å². The molecule has 1 aromatic heterocycles. The van der Waals surface area contributed by atoms with Crippen molar-refractivity contribution in [2.75, 3.05) is 25.5 Å². The van der Waals surface area contributed by atoms with Gasteiger partial charge in [-0.2, -0.15) is 18.3 Å². The summed E-state index contributed by atoms with van der Waals surface area (Å²) in [6.45, 7) is 1.01. The number of hydrogen-bond donors (Lipinski definition) is 2. The van der Waals surface area contributed by atoms with Crippen LogP contribution in [0.3, 0.4) is 0 Å². The zero-order chi connectivity index (χ0) is 17.7. The van der Waals surface area contributed by atoms with Crippen molar-refractivity contribution in [1.82, 2.24) is 14.7 Å². The van der Waals surface area contributed by atoms with Crippen LogP contribution in [0.4, 0.5) is 23.7 Å². The zero-order valence-corrected chi connectivity index (χ0v) is 13.0. The summed E-state index contributed by atoms with van der Waals surface area (Å²) in [7, 11) is 1.64. The second-order valence-electron chi connectivity index (χ2n) is 5.21.